The average molecular weight is 601 g/mol. The molecule has 44 heavy (non-hydrogen) atoms. The number of aromatic nitrogens is 2. The third kappa shape index (κ3) is 5.99. The van der Waals surface area contributed by atoms with E-state index < -0.39 is 11.8 Å². The van der Waals surface area contributed by atoms with Crippen molar-refractivity contribution >= 4 is 34.3 Å². The molecule has 10 heteroatoms. The van der Waals surface area contributed by atoms with Gasteiger partial charge in [-0.1, -0.05) is 19.3 Å². The Hall–Kier alpha value is -4.44. The number of fused-ring (bicyclic) bond motifs is 1. The largest absolute Gasteiger partial charge is 0.489 e. The highest BCUT2D eigenvalue weighted by Gasteiger charge is 2.25. The van der Waals surface area contributed by atoms with Gasteiger partial charge in [-0.25, -0.2) is 14.2 Å². The number of halogens is 1. The number of nitrogens with zero attached hydrogens (tertiary/aromatic N) is 4. The molecule has 1 saturated carbocycles. The predicted molar refractivity (Wildman–Crippen MR) is 167 cm³/mol. The van der Waals surface area contributed by atoms with E-state index in [1.165, 1.54) is 19.4 Å². The Labute approximate surface area is 255 Å². The van der Waals surface area contributed by atoms with Crippen LogP contribution in [0.15, 0.2) is 54.6 Å². The summed E-state index contributed by atoms with van der Waals surface area (Å²) in [5.41, 5.74) is 4.47. The topological polar surface area (TPSA) is 97.1 Å². The Bertz CT molecular complexity index is 1690. The third-order valence-corrected chi connectivity index (χ3v) is 8.73. The predicted octanol–water partition coefficient (Wildman–Crippen LogP) is 6.44. The second-order valence-electron chi connectivity index (χ2n) is 11.5. The minimum Gasteiger partial charge on any atom is -0.489 e. The first-order valence-electron chi connectivity index (χ1n) is 15.2. The van der Waals surface area contributed by atoms with Crippen LogP contribution in [0.3, 0.4) is 0 Å². The second kappa shape index (κ2) is 12.7. The minimum absolute atomic E-state index is 0.0768. The van der Waals surface area contributed by atoms with E-state index in [9.17, 15) is 14.7 Å². The Morgan fingerprint density at radius 3 is 2.52 bits per heavy atom. The van der Waals surface area contributed by atoms with Gasteiger partial charge in [0.15, 0.2) is 0 Å². The molecule has 0 atom stereocenters. The van der Waals surface area contributed by atoms with Crippen LogP contribution in [0.25, 0.3) is 22.4 Å². The summed E-state index contributed by atoms with van der Waals surface area (Å²) in [6.07, 6.45) is 5.27. The number of benzene rings is 3. The molecular formula is C34H37FN4O5. The quantitative estimate of drug-likeness (QED) is 0.249. The summed E-state index contributed by atoms with van der Waals surface area (Å²) in [6, 6.07) is 15.7. The van der Waals surface area contributed by atoms with Crippen LogP contribution in [0.5, 0.6) is 5.75 Å². The number of hydrogen-bond acceptors (Lipinski definition) is 6. The van der Waals surface area contributed by atoms with Crippen molar-refractivity contribution in [2.75, 3.05) is 43.2 Å². The molecule has 3 aromatic carbocycles. The lowest BCUT2D eigenvalue weighted by Crippen LogP contribution is -2.37. The van der Waals surface area contributed by atoms with Crippen LogP contribution in [-0.4, -0.2) is 59.9 Å². The van der Waals surface area contributed by atoms with Crippen LogP contribution in [0.2, 0.25) is 0 Å². The molecule has 4 aromatic rings. The van der Waals surface area contributed by atoms with Gasteiger partial charge in [-0.3, -0.25) is 4.79 Å². The zero-order valence-electron chi connectivity index (χ0n) is 25.1. The van der Waals surface area contributed by atoms with E-state index in [2.05, 4.69) is 9.47 Å². The first-order valence-corrected chi connectivity index (χ1v) is 15.2. The summed E-state index contributed by atoms with van der Waals surface area (Å²) in [7, 11) is 1.73. The van der Waals surface area contributed by atoms with Crippen LogP contribution in [0.4, 0.5) is 15.8 Å². The molecule has 1 aliphatic heterocycles. The second-order valence-corrected chi connectivity index (χ2v) is 11.5. The minimum atomic E-state index is -1.02. The van der Waals surface area contributed by atoms with E-state index >= 15 is 4.39 Å². The number of imidazole rings is 1. The van der Waals surface area contributed by atoms with Gasteiger partial charge in [-0.05, 0) is 61.4 Å². The van der Waals surface area contributed by atoms with Crippen LogP contribution in [-0.2, 0) is 16.1 Å². The van der Waals surface area contributed by atoms with Crippen molar-refractivity contribution in [2.45, 2.75) is 51.7 Å². The van der Waals surface area contributed by atoms with Gasteiger partial charge in [0.25, 0.3) is 0 Å². The van der Waals surface area contributed by atoms with E-state index in [0.29, 0.717) is 35.9 Å². The van der Waals surface area contributed by atoms with Gasteiger partial charge >= 0.3 is 5.97 Å². The molecule has 0 unspecified atom stereocenters. The van der Waals surface area contributed by atoms with E-state index in [1.54, 1.807) is 42.3 Å². The molecule has 9 nitrogen and oxygen atoms in total. The van der Waals surface area contributed by atoms with Crippen molar-refractivity contribution in [3.8, 4) is 17.1 Å². The lowest BCUT2D eigenvalue weighted by Gasteiger charge is -2.31. The third-order valence-electron chi connectivity index (χ3n) is 8.73. The number of ether oxygens (including phenoxy) is 2. The van der Waals surface area contributed by atoms with E-state index in [0.717, 1.165) is 61.2 Å². The number of hydrogen-bond donors (Lipinski definition) is 1. The lowest BCUT2D eigenvalue weighted by molar-refractivity contribution is -0.116. The van der Waals surface area contributed by atoms with Gasteiger partial charge in [0.2, 0.25) is 5.91 Å². The van der Waals surface area contributed by atoms with Crippen molar-refractivity contribution in [1.29, 1.82) is 0 Å². The lowest BCUT2D eigenvalue weighted by atomic mass is 9.94. The number of amides is 1. The van der Waals surface area contributed by atoms with Gasteiger partial charge in [-0.2, -0.15) is 0 Å². The monoisotopic (exact) mass is 600 g/mol. The molecule has 1 saturated heterocycles. The van der Waals surface area contributed by atoms with Crippen LogP contribution >= 0.6 is 0 Å². The zero-order valence-corrected chi connectivity index (χ0v) is 25.1. The summed E-state index contributed by atoms with van der Waals surface area (Å²) in [5, 5.41) is 9.52. The van der Waals surface area contributed by atoms with Crippen molar-refractivity contribution in [3.05, 3.63) is 71.5 Å². The summed E-state index contributed by atoms with van der Waals surface area (Å²) < 4.78 is 29.6. The Balaban J connectivity index is 1.31. The van der Waals surface area contributed by atoms with Gasteiger partial charge in [0.1, 0.15) is 24.0 Å². The molecule has 230 valence electrons. The van der Waals surface area contributed by atoms with Gasteiger partial charge in [0, 0.05) is 56.1 Å². The molecule has 1 aromatic heterocycles. The van der Waals surface area contributed by atoms with Crippen LogP contribution in [0.1, 0.15) is 61.0 Å². The standard InChI is InChI=1S/C34H37FN4O5/c1-22(40)37(2)26-9-13-31(38-14-16-43-17-15-38)24(18-26)21-44-27-10-11-28(29(35)20-27)33-36-30-19-23(34(41)42)8-12-32(30)39(33)25-6-4-3-5-7-25/h8-13,18-20,25H,3-7,14-17,21H2,1-2H3,(H,41,42). The number of carboxylic acid groups (broad SMARTS) is 1. The highest BCUT2D eigenvalue weighted by atomic mass is 19.1. The maximum absolute atomic E-state index is 15.9. The molecule has 0 bridgehead atoms. The Kier molecular flexibility index (Phi) is 8.52. The molecule has 0 radical (unpaired) electrons. The van der Waals surface area contributed by atoms with Gasteiger partial charge < -0.3 is 28.9 Å². The maximum Gasteiger partial charge on any atom is 0.335 e. The molecule has 1 aliphatic carbocycles. The average Bonchev–Trinajstić information content (AvgIpc) is 3.42. The van der Waals surface area contributed by atoms with Gasteiger partial charge in [-0.15, -0.1) is 0 Å². The molecular weight excluding hydrogens is 563 g/mol. The zero-order chi connectivity index (χ0) is 30.8. The van der Waals surface area contributed by atoms with E-state index in [4.69, 9.17) is 14.5 Å². The first kappa shape index (κ1) is 29.6. The Morgan fingerprint density at radius 1 is 1.05 bits per heavy atom. The van der Waals surface area contributed by atoms with Crippen molar-refractivity contribution in [3.63, 3.8) is 0 Å². The first-order chi connectivity index (χ1) is 21.3. The number of rotatable bonds is 8. The van der Waals surface area contributed by atoms with Crippen molar-refractivity contribution < 1.29 is 28.6 Å². The number of aromatic carboxylic acids is 1. The molecule has 0 spiro atoms. The summed E-state index contributed by atoms with van der Waals surface area (Å²) >= 11 is 0. The number of carbonyl (C=O) groups excluding carboxylic acids is 1. The number of carbonyl (C=O) groups is 2. The fourth-order valence-electron chi connectivity index (χ4n) is 6.25. The van der Waals surface area contributed by atoms with Crippen molar-refractivity contribution in [1.82, 2.24) is 9.55 Å². The maximum atomic E-state index is 15.9. The smallest absolute Gasteiger partial charge is 0.335 e. The highest BCUT2D eigenvalue weighted by Crippen LogP contribution is 2.38. The fraction of sp³-hybridized carbons (Fsp3) is 0.382. The molecule has 6 rings (SSSR count). The molecule has 2 aliphatic rings. The van der Waals surface area contributed by atoms with E-state index in [-0.39, 0.29) is 24.1 Å². The van der Waals surface area contributed by atoms with Crippen LogP contribution < -0.4 is 14.5 Å². The van der Waals surface area contributed by atoms with E-state index in [1.807, 2.05) is 18.2 Å². The van der Waals surface area contributed by atoms with Crippen LogP contribution in [0, 0.1) is 5.82 Å². The van der Waals surface area contributed by atoms with Gasteiger partial charge in [0.05, 0.1) is 35.4 Å². The molecule has 2 fully saturated rings. The SMILES string of the molecule is CC(=O)N(C)c1ccc(N2CCOCC2)c(COc2ccc(-c3nc4cc(C(=O)O)ccc4n3C3CCCCC3)c(F)c2)c1. The number of carboxylic acids is 1. The number of morpholine rings is 1. The summed E-state index contributed by atoms with van der Waals surface area (Å²) in [6.45, 7) is 4.45. The number of anilines is 2. The van der Waals surface area contributed by atoms with Crippen molar-refractivity contribution in [2.24, 2.45) is 0 Å². The summed E-state index contributed by atoms with van der Waals surface area (Å²) in [4.78, 5) is 32.2. The molecule has 1 amide bonds. The normalized spacial score (nSPS) is 15.8. The molecule has 2 heterocycles. The highest BCUT2D eigenvalue weighted by molar-refractivity contribution is 5.93. The summed E-state index contributed by atoms with van der Waals surface area (Å²) in [5.74, 6) is -0.700. The fourth-order valence-corrected chi connectivity index (χ4v) is 6.25. The molecule has 1 N–H and O–H groups in total. The Morgan fingerprint density at radius 2 is 1.82 bits per heavy atom.